The van der Waals surface area contributed by atoms with E-state index in [9.17, 15) is 13.2 Å². The molecule has 1 aromatic rings. The largest absolute Gasteiger partial charge is 0.454 e. The summed E-state index contributed by atoms with van der Waals surface area (Å²) in [7, 11) is -3.04. The molecule has 9 heteroatoms. The maximum Gasteiger partial charge on any atom is 0.251 e. The fourth-order valence-corrected chi connectivity index (χ4v) is 7.53. The SMILES string of the molecule is O=C(N=C1S[C@@H]2CS(=O)(=O)C[C@@H]2N1Cc1ccc2c(c1)OCO2)C1CC1. The average molecular weight is 394 g/mol. The standard InChI is InChI=1S/C17H18N2O5S2/c20-16(11-2-3-11)18-17-19(12-7-26(21,22)8-15(12)25-17)6-10-1-4-13-14(5-10)24-9-23-13/h1,4-5,11-12,15H,2-3,6-9H2/t12-,15+/m0/s1. The molecule has 0 radical (unpaired) electrons. The molecule has 2 atom stereocenters. The van der Waals surface area contributed by atoms with Crippen LogP contribution in [-0.4, -0.2) is 54.0 Å². The van der Waals surface area contributed by atoms with Crippen LogP contribution in [0.4, 0.5) is 0 Å². The molecule has 0 unspecified atom stereocenters. The van der Waals surface area contributed by atoms with E-state index in [0.717, 1.165) is 18.4 Å². The van der Waals surface area contributed by atoms with Gasteiger partial charge in [-0.3, -0.25) is 4.79 Å². The summed E-state index contributed by atoms with van der Waals surface area (Å²) in [6, 6.07) is 5.57. The van der Waals surface area contributed by atoms with Crippen LogP contribution >= 0.6 is 11.8 Å². The maximum atomic E-state index is 12.2. The van der Waals surface area contributed by atoms with Gasteiger partial charge in [-0.05, 0) is 30.5 Å². The highest BCUT2D eigenvalue weighted by Crippen LogP contribution is 2.41. The summed E-state index contributed by atoms with van der Waals surface area (Å²) in [5.74, 6) is 1.65. The number of hydrogen-bond donors (Lipinski definition) is 0. The lowest BCUT2D eigenvalue weighted by atomic mass is 10.1. The highest BCUT2D eigenvalue weighted by Gasteiger charge is 2.49. The van der Waals surface area contributed by atoms with Gasteiger partial charge in [0.05, 0.1) is 17.5 Å². The number of amidine groups is 1. The number of ether oxygens (including phenoxy) is 2. The van der Waals surface area contributed by atoms with Crippen molar-refractivity contribution in [1.29, 1.82) is 0 Å². The summed E-state index contributed by atoms with van der Waals surface area (Å²) in [6.45, 7) is 0.709. The van der Waals surface area contributed by atoms with Crippen molar-refractivity contribution in [3.8, 4) is 11.5 Å². The number of thioether (sulfide) groups is 1. The van der Waals surface area contributed by atoms with Gasteiger partial charge >= 0.3 is 0 Å². The molecular weight excluding hydrogens is 376 g/mol. The summed E-state index contributed by atoms with van der Waals surface area (Å²) in [5, 5.41) is 0.601. The monoisotopic (exact) mass is 394 g/mol. The third kappa shape index (κ3) is 2.96. The molecule has 138 valence electrons. The third-order valence-electron chi connectivity index (χ3n) is 5.10. The van der Waals surface area contributed by atoms with Crippen LogP contribution in [0.5, 0.6) is 11.5 Å². The number of benzene rings is 1. The van der Waals surface area contributed by atoms with E-state index in [0.29, 0.717) is 23.2 Å². The van der Waals surface area contributed by atoms with E-state index in [1.165, 1.54) is 11.8 Å². The molecule has 26 heavy (non-hydrogen) atoms. The lowest BCUT2D eigenvalue weighted by Crippen LogP contribution is -2.37. The normalized spacial score (nSPS) is 30.0. The van der Waals surface area contributed by atoms with E-state index in [1.807, 2.05) is 23.1 Å². The highest BCUT2D eigenvalue weighted by molar-refractivity contribution is 8.15. The number of amides is 1. The Kier molecular flexibility index (Phi) is 3.72. The number of carbonyl (C=O) groups is 1. The van der Waals surface area contributed by atoms with Gasteiger partial charge in [-0.25, -0.2) is 8.42 Å². The Bertz CT molecular complexity index is 910. The van der Waals surface area contributed by atoms with Gasteiger partial charge in [-0.2, -0.15) is 4.99 Å². The molecule has 1 saturated carbocycles. The Morgan fingerprint density at radius 1 is 1.23 bits per heavy atom. The molecular formula is C17H18N2O5S2. The van der Waals surface area contributed by atoms with Gasteiger partial charge in [0.25, 0.3) is 5.91 Å². The number of hydrogen-bond acceptors (Lipinski definition) is 6. The summed E-state index contributed by atoms with van der Waals surface area (Å²) >= 11 is 1.43. The topological polar surface area (TPSA) is 85.3 Å². The van der Waals surface area contributed by atoms with Gasteiger partial charge in [0.1, 0.15) is 0 Å². The second kappa shape index (κ2) is 5.88. The average Bonchev–Trinajstić information content (AvgIpc) is 3.18. The summed E-state index contributed by atoms with van der Waals surface area (Å²) in [6.07, 6.45) is 1.81. The molecule has 7 nitrogen and oxygen atoms in total. The van der Waals surface area contributed by atoms with Gasteiger partial charge in [-0.1, -0.05) is 17.8 Å². The lowest BCUT2D eigenvalue weighted by Gasteiger charge is -2.24. The van der Waals surface area contributed by atoms with Crippen LogP contribution in [0.1, 0.15) is 18.4 Å². The van der Waals surface area contributed by atoms with Gasteiger partial charge < -0.3 is 14.4 Å². The molecule has 2 saturated heterocycles. The molecule has 4 aliphatic rings. The van der Waals surface area contributed by atoms with Crippen LogP contribution in [0.25, 0.3) is 0 Å². The zero-order valence-corrected chi connectivity index (χ0v) is 15.6. The summed E-state index contributed by atoms with van der Waals surface area (Å²) in [5.41, 5.74) is 0.978. The summed E-state index contributed by atoms with van der Waals surface area (Å²) < 4.78 is 34.9. The minimum atomic E-state index is -3.04. The fourth-order valence-electron chi connectivity index (χ4n) is 3.57. The van der Waals surface area contributed by atoms with Crippen LogP contribution in [0.15, 0.2) is 23.2 Å². The number of nitrogens with zero attached hydrogens (tertiary/aromatic N) is 2. The van der Waals surface area contributed by atoms with Crippen molar-refractivity contribution < 1.29 is 22.7 Å². The van der Waals surface area contributed by atoms with Crippen molar-refractivity contribution in [2.24, 2.45) is 10.9 Å². The molecule has 0 aromatic heterocycles. The molecule has 0 bridgehead atoms. The molecule has 3 fully saturated rings. The first-order valence-electron chi connectivity index (χ1n) is 8.63. The number of carbonyl (C=O) groups excluding carboxylic acids is 1. The Morgan fingerprint density at radius 3 is 2.85 bits per heavy atom. The van der Waals surface area contributed by atoms with E-state index < -0.39 is 9.84 Å². The van der Waals surface area contributed by atoms with Crippen LogP contribution in [-0.2, 0) is 21.2 Å². The quantitative estimate of drug-likeness (QED) is 0.766. The third-order valence-corrected chi connectivity index (χ3v) is 8.34. The van der Waals surface area contributed by atoms with Crippen LogP contribution in [0, 0.1) is 5.92 Å². The summed E-state index contributed by atoms with van der Waals surface area (Å²) in [4.78, 5) is 18.5. The molecule has 3 heterocycles. The molecule has 0 spiro atoms. The van der Waals surface area contributed by atoms with Crippen molar-refractivity contribution >= 4 is 32.7 Å². The molecule has 3 aliphatic heterocycles. The van der Waals surface area contributed by atoms with Crippen molar-refractivity contribution in [3.63, 3.8) is 0 Å². The predicted octanol–water partition coefficient (Wildman–Crippen LogP) is 1.42. The zero-order chi connectivity index (χ0) is 17.9. The van der Waals surface area contributed by atoms with Crippen LogP contribution in [0.3, 0.4) is 0 Å². The molecule has 5 rings (SSSR count). The number of aliphatic imine (C=N–C) groups is 1. The first-order valence-corrected chi connectivity index (χ1v) is 11.3. The number of fused-ring (bicyclic) bond motifs is 2. The van der Waals surface area contributed by atoms with E-state index in [2.05, 4.69) is 4.99 Å². The minimum absolute atomic E-state index is 0.0552. The van der Waals surface area contributed by atoms with Crippen LogP contribution in [0.2, 0.25) is 0 Å². The Balaban J connectivity index is 1.44. The maximum absolute atomic E-state index is 12.2. The van der Waals surface area contributed by atoms with E-state index in [-0.39, 0.29) is 41.4 Å². The van der Waals surface area contributed by atoms with Gasteiger partial charge in [0.15, 0.2) is 26.5 Å². The van der Waals surface area contributed by atoms with Crippen LogP contribution < -0.4 is 9.47 Å². The lowest BCUT2D eigenvalue weighted by molar-refractivity contribution is -0.118. The Hall–Kier alpha value is -1.74. The first-order chi connectivity index (χ1) is 12.5. The van der Waals surface area contributed by atoms with Crippen molar-refractivity contribution in [2.45, 2.75) is 30.7 Å². The van der Waals surface area contributed by atoms with E-state index >= 15 is 0 Å². The Labute approximate surface area is 155 Å². The van der Waals surface area contributed by atoms with Gasteiger partial charge in [0, 0.05) is 17.7 Å². The van der Waals surface area contributed by atoms with Gasteiger partial charge in [0.2, 0.25) is 6.79 Å². The molecule has 1 aliphatic carbocycles. The second-order valence-electron chi connectivity index (χ2n) is 7.12. The number of rotatable bonds is 3. The number of sulfone groups is 1. The van der Waals surface area contributed by atoms with E-state index in [4.69, 9.17) is 9.47 Å². The van der Waals surface area contributed by atoms with E-state index in [1.54, 1.807) is 0 Å². The smallest absolute Gasteiger partial charge is 0.251 e. The fraction of sp³-hybridized carbons (Fsp3) is 0.529. The van der Waals surface area contributed by atoms with Gasteiger partial charge in [-0.15, -0.1) is 0 Å². The van der Waals surface area contributed by atoms with Crippen molar-refractivity contribution in [3.05, 3.63) is 23.8 Å². The molecule has 0 N–H and O–H groups in total. The Morgan fingerprint density at radius 2 is 2.04 bits per heavy atom. The zero-order valence-electron chi connectivity index (χ0n) is 14.0. The predicted molar refractivity (Wildman–Crippen MR) is 97.1 cm³/mol. The molecule has 1 aromatic carbocycles. The first kappa shape index (κ1) is 16.4. The minimum Gasteiger partial charge on any atom is -0.454 e. The second-order valence-corrected chi connectivity index (χ2v) is 10.5. The van der Waals surface area contributed by atoms with Crippen molar-refractivity contribution in [2.75, 3.05) is 18.3 Å². The molecule has 1 amide bonds. The van der Waals surface area contributed by atoms with Crippen molar-refractivity contribution in [1.82, 2.24) is 4.90 Å². The highest BCUT2D eigenvalue weighted by atomic mass is 32.2.